The summed E-state index contributed by atoms with van der Waals surface area (Å²) in [6.07, 6.45) is 2.77. The normalized spacial score (nSPS) is 19.4. The van der Waals surface area contributed by atoms with Gasteiger partial charge in [0.15, 0.2) is 0 Å². The van der Waals surface area contributed by atoms with E-state index in [-0.39, 0.29) is 53.1 Å². The maximum Gasteiger partial charge on any atom is 0.251 e. The van der Waals surface area contributed by atoms with Crippen molar-refractivity contribution in [3.05, 3.63) is 107 Å². The molecule has 0 radical (unpaired) electrons. The van der Waals surface area contributed by atoms with Crippen LogP contribution < -0.4 is 32.7 Å². The van der Waals surface area contributed by atoms with Gasteiger partial charge in [-0.15, -0.1) is 0 Å². The Kier molecular flexibility index (Phi) is 16.2. The van der Waals surface area contributed by atoms with Crippen molar-refractivity contribution in [2.24, 2.45) is 11.5 Å². The SMILES string of the molecule is C[C@@H]1NC(=O)[C@@H](N(C)C(=O)[C@H](CCCCN)NC(=O)c2ccc(-c3ccc(Cl)cc3)cc2)c2ccc(O)c(c2)-c2cc(ccc2O)C[C@@H](C(=O)N[C@@H](C)C(=O)N2CCCC[C@H]2C(N)=O)NC1=O. The number of hydrogen-bond donors (Lipinski definition) is 8. The highest BCUT2D eigenvalue weighted by Crippen LogP contribution is 2.39. The largest absolute Gasteiger partial charge is 0.507 e. The molecule has 2 heterocycles. The molecule has 10 N–H and O–H groups in total. The van der Waals surface area contributed by atoms with Gasteiger partial charge in [0, 0.05) is 41.7 Å². The molecule has 4 aromatic rings. The van der Waals surface area contributed by atoms with Crippen molar-refractivity contribution in [3.63, 3.8) is 0 Å². The van der Waals surface area contributed by atoms with Crippen LogP contribution in [0, 0.1) is 0 Å². The molecule has 0 unspecified atom stereocenters. The molecule has 67 heavy (non-hydrogen) atoms. The lowest BCUT2D eigenvalue weighted by atomic mass is 9.93. The number of phenols is 2. The molecule has 4 bridgehead atoms. The number of hydrogen-bond acceptors (Lipinski definition) is 10. The van der Waals surface area contributed by atoms with Gasteiger partial charge in [0.25, 0.3) is 5.91 Å². The summed E-state index contributed by atoms with van der Waals surface area (Å²) in [6, 6.07) is 15.5. The number of phenolic OH excluding ortho intramolecular Hbond substituents is 2. The first-order chi connectivity index (χ1) is 32.0. The summed E-state index contributed by atoms with van der Waals surface area (Å²) in [5.41, 5.74) is 14.2. The van der Waals surface area contributed by atoms with E-state index in [4.69, 9.17) is 23.1 Å². The summed E-state index contributed by atoms with van der Waals surface area (Å²) >= 11 is 6.05. The fourth-order valence-electron chi connectivity index (χ4n) is 8.45. The molecule has 0 saturated carbocycles. The molecule has 0 aromatic heterocycles. The number of carbonyl (C=O) groups is 7. The smallest absolute Gasteiger partial charge is 0.251 e. The van der Waals surface area contributed by atoms with E-state index in [0.717, 1.165) is 16.0 Å². The van der Waals surface area contributed by atoms with Crippen LogP contribution >= 0.6 is 11.6 Å². The monoisotopic (exact) mass is 936 g/mol. The average molecular weight is 937 g/mol. The number of nitrogens with two attached hydrogens (primary N) is 2. The van der Waals surface area contributed by atoms with Crippen molar-refractivity contribution in [1.29, 1.82) is 0 Å². The summed E-state index contributed by atoms with van der Waals surface area (Å²) in [4.78, 5) is 99.0. The first kappa shape index (κ1) is 49.5. The van der Waals surface area contributed by atoms with Crippen LogP contribution in [0.2, 0.25) is 5.02 Å². The number of fused-ring (bicyclic) bond motifs is 5. The number of likely N-dealkylation sites (tertiary alicyclic amines) is 1. The zero-order chi connectivity index (χ0) is 48.5. The van der Waals surface area contributed by atoms with E-state index in [0.29, 0.717) is 49.2 Å². The lowest BCUT2D eigenvalue weighted by Crippen LogP contribution is -2.59. The molecule has 7 amide bonds. The van der Waals surface area contributed by atoms with E-state index in [2.05, 4.69) is 21.3 Å². The van der Waals surface area contributed by atoms with E-state index < -0.39 is 77.6 Å². The second kappa shape index (κ2) is 22.0. The maximum absolute atomic E-state index is 14.6. The fraction of sp³-hybridized carbons (Fsp3) is 0.367. The van der Waals surface area contributed by atoms with E-state index in [9.17, 15) is 43.8 Å². The van der Waals surface area contributed by atoms with E-state index >= 15 is 0 Å². The molecule has 4 aromatic carbocycles. The number of piperidine rings is 1. The summed E-state index contributed by atoms with van der Waals surface area (Å²) in [5, 5.41) is 33.8. The number of nitrogens with zero attached hydrogens (tertiary/aromatic N) is 2. The number of benzene rings is 4. The third kappa shape index (κ3) is 11.9. The van der Waals surface area contributed by atoms with Crippen molar-refractivity contribution in [2.75, 3.05) is 20.1 Å². The van der Waals surface area contributed by atoms with Crippen LogP contribution in [0.25, 0.3) is 22.3 Å². The van der Waals surface area contributed by atoms with Crippen molar-refractivity contribution in [1.82, 2.24) is 31.1 Å². The number of rotatable bonds is 13. The molecule has 2 aliphatic heterocycles. The van der Waals surface area contributed by atoms with Crippen LogP contribution in [0.1, 0.15) is 79.9 Å². The van der Waals surface area contributed by atoms with E-state index in [1.165, 1.54) is 62.2 Å². The zero-order valence-electron chi connectivity index (χ0n) is 37.6. The number of aromatic hydroxyl groups is 2. The summed E-state index contributed by atoms with van der Waals surface area (Å²) in [6.45, 7) is 3.47. The Morgan fingerprint density at radius 2 is 1.49 bits per heavy atom. The van der Waals surface area contributed by atoms with Gasteiger partial charge in [-0.1, -0.05) is 48.0 Å². The lowest BCUT2D eigenvalue weighted by molar-refractivity contribution is -0.144. The number of nitrogens with one attached hydrogen (secondary N) is 4. The maximum atomic E-state index is 14.6. The summed E-state index contributed by atoms with van der Waals surface area (Å²) in [7, 11) is 1.38. The second-order valence-corrected chi connectivity index (χ2v) is 17.5. The third-order valence-corrected chi connectivity index (χ3v) is 12.5. The van der Waals surface area contributed by atoms with Crippen molar-refractivity contribution in [2.45, 2.75) is 95.0 Å². The van der Waals surface area contributed by atoms with Gasteiger partial charge in [-0.3, -0.25) is 33.6 Å². The zero-order valence-corrected chi connectivity index (χ0v) is 38.3. The fourth-order valence-corrected chi connectivity index (χ4v) is 8.58. The van der Waals surface area contributed by atoms with Crippen molar-refractivity contribution in [3.8, 4) is 33.8 Å². The molecule has 1 fully saturated rings. The van der Waals surface area contributed by atoms with Gasteiger partial charge >= 0.3 is 0 Å². The molecule has 2 aliphatic rings. The quantitative estimate of drug-likeness (QED) is 0.0906. The number of unbranched alkanes of at least 4 members (excludes halogenated alkanes) is 1. The topological polar surface area (TPSA) is 267 Å². The minimum atomic E-state index is -1.46. The van der Waals surface area contributed by atoms with Crippen molar-refractivity contribution >= 4 is 53.0 Å². The predicted octanol–water partition coefficient (Wildman–Crippen LogP) is 3.43. The van der Waals surface area contributed by atoms with Crippen LogP contribution in [-0.4, -0.2) is 112 Å². The first-order valence-corrected chi connectivity index (χ1v) is 22.6. The van der Waals surface area contributed by atoms with Gasteiger partial charge in [0.1, 0.15) is 47.8 Å². The van der Waals surface area contributed by atoms with Gasteiger partial charge in [0.05, 0.1) is 0 Å². The molecule has 6 atom stereocenters. The van der Waals surface area contributed by atoms with Crippen LogP contribution in [-0.2, 0) is 35.2 Å². The molecule has 17 nitrogen and oxygen atoms in total. The lowest BCUT2D eigenvalue weighted by Gasteiger charge is -2.35. The number of likely N-dealkylation sites (N-methyl/N-ethyl adjacent to an activating group) is 1. The van der Waals surface area contributed by atoms with E-state index in [1.807, 2.05) is 12.1 Å². The number of primary amides is 1. The Balaban J connectivity index is 1.29. The van der Waals surface area contributed by atoms with Crippen LogP contribution in [0.4, 0.5) is 0 Å². The third-order valence-electron chi connectivity index (χ3n) is 12.2. The van der Waals surface area contributed by atoms with Gasteiger partial charge in [0.2, 0.25) is 35.4 Å². The minimum Gasteiger partial charge on any atom is -0.507 e. The Labute approximate surface area is 393 Å². The highest BCUT2D eigenvalue weighted by Gasteiger charge is 2.37. The molecular weight excluding hydrogens is 880 g/mol. The molecule has 0 aliphatic carbocycles. The summed E-state index contributed by atoms with van der Waals surface area (Å²) < 4.78 is 0. The molecule has 354 valence electrons. The second-order valence-electron chi connectivity index (χ2n) is 17.0. The number of halogens is 1. The molecular formula is C49H57ClN8O9. The Bertz CT molecular complexity index is 2500. The molecule has 0 spiro atoms. The predicted molar refractivity (Wildman–Crippen MR) is 251 cm³/mol. The summed E-state index contributed by atoms with van der Waals surface area (Å²) in [5.74, 6) is -5.25. The average Bonchev–Trinajstić information content (AvgIpc) is 3.31. The first-order valence-electron chi connectivity index (χ1n) is 22.3. The Morgan fingerprint density at radius 3 is 2.15 bits per heavy atom. The van der Waals surface area contributed by atoms with Crippen LogP contribution in [0.15, 0.2) is 84.9 Å². The molecule has 6 rings (SSSR count). The highest BCUT2D eigenvalue weighted by molar-refractivity contribution is 6.30. The minimum absolute atomic E-state index is 0.0882. The van der Waals surface area contributed by atoms with Gasteiger partial charge in [-0.05, 0) is 130 Å². The molecule has 1 saturated heterocycles. The van der Waals surface area contributed by atoms with Gasteiger partial charge < -0.3 is 52.7 Å². The molecule has 18 heteroatoms. The number of carbonyl (C=O) groups excluding carboxylic acids is 7. The highest BCUT2D eigenvalue weighted by atomic mass is 35.5. The Morgan fingerprint density at radius 1 is 0.851 bits per heavy atom. The van der Waals surface area contributed by atoms with Gasteiger partial charge in [-0.2, -0.15) is 0 Å². The van der Waals surface area contributed by atoms with Gasteiger partial charge in [-0.25, -0.2) is 0 Å². The Hall–Kier alpha value is -6.98. The number of amides is 7. The van der Waals surface area contributed by atoms with Crippen molar-refractivity contribution < 1.29 is 43.8 Å². The van der Waals surface area contributed by atoms with E-state index in [1.54, 1.807) is 36.4 Å². The van der Waals surface area contributed by atoms with Crippen LogP contribution in [0.3, 0.4) is 0 Å². The standard InChI is InChI=1S/C49H57ClN8O9/c1-27-44(62)56-38(46(64)54-28(2)48(66)58-23-7-5-9-39(58)43(52)61)25-29-10-20-40(59)35(24-29)36-26-33(17-21-41(36)60)42(47(65)53-27)57(3)49(67)37(8-4-6-22-51)55-45(63)32-13-11-30(12-14-32)31-15-18-34(50)19-16-31/h10-21,24,26-28,37-39,42,59-60H,4-9,22-23,25,51H2,1-3H3,(H2,52,61)(H,53,65)(H,54,64)(H,55,63)(H,56,62)/t27-,28-,37-,38-,39-,42-/m0/s1. The van der Waals surface area contributed by atoms with Crippen LogP contribution in [0.5, 0.6) is 11.5 Å².